The van der Waals surface area contributed by atoms with Crippen molar-refractivity contribution < 1.29 is 8.42 Å². The average molecular weight is 328 g/mol. The molecule has 1 aliphatic heterocycles. The van der Waals surface area contributed by atoms with Crippen LogP contribution < -0.4 is 5.73 Å². The largest absolute Gasteiger partial charge is 0.320 e. The fourth-order valence-electron chi connectivity index (χ4n) is 2.11. The van der Waals surface area contributed by atoms with E-state index in [4.69, 9.17) is 17.3 Å². The Bertz CT molecular complexity index is 671. The van der Waals surface area contributed by atoms with E-state index in [1.165, 1.54) is 10.4 Å². The van der Waals surface area contributed by atoms with Crippen molar-refractivity contribution in [3.05, 3.63) is 28.8 Å². The minimum atomic E-state index is -3.55. The molecule has 0 bridgehead atoms. The van der Waals surface area contributed by atoms with E-state index in [1.807, 2.05) is 7.05 Å². The van der Waals surface area contributed by atoms with Crippen molar-refractivity contribution in [2.45, 2.75) is 4.90 Å². The van der Waals surface area contributed by atoms with Gasteiger partial charge in [-0.3, -0.25) is 0 Å². The summed E-state index contributed by atoms with van der Waals surface area (Å²) in [6.07, 6.45) is 0. The fraction of sp³-hybridized carbons (Fsp3) is 0.429. The molecule has 0 atom stereocenters. The summed E-state index contributed by atoms with van der Waals surface area (Å²) in [5, 5.41) is 0.192. The van der Waals surface area contributed by atoms with E-state index in [0.29, 0.717) is 18.7 Å². The molecule has 0 aromatic heterocycles. The lowest BCUT2D eigenvalue weighted by Crippen LogP contribution is -2.47. The topological polar surface area (TPSA) is 66.6 Å². The van der Waals surface area contributed by atoms with Crippen LogP contribution in [0.15, 0.2) is 23.1 Å². The minimum Gasteiger partial charge on any atom is -0.320 e. The van der Waals surface area contributed by atoms with E-state index in [1.54, 1.807) is 12.1 Å². The molecule has 1 aromatic rings. The number of hydrogen-bond acceptors (Lipinski definition) is 4. The van der Waals surface area contributed by atoms with Crippen LogP contribution in [0.3, 0.4) is 0 Å². The molecule has 114 valence electrons. The first kappa shape index (κ1) is 16.3. The van der Waals surface area contributed by atoms with Crippen LogP contribution in [-0.4, -0.2) is 57.4 Å². The van der Waals surface area contributed by atoms with Gasteiger partial charge < -0.3 is 10.6 Å². The van der Waals surface area contributed by atoms with Gasteiger partial charge in [0.05, 0.1) is 11.6 Å². The highest BCUT2D eigenvalue weighted by Crippen LogP contribution is 2.26. The van der Waals surface area contributed by atoms with E-state index in [9.17, 15) is 8.42 Å². The average Bonchev–Trinajstić information content (AvgIpc) is 2.45. The number of hydrogen-bond donors (Lipinski definition) is 1. The molecule has 1 heterocycles. The highest BCUT2D eigenvalue weighted by Gasteiger charge is 2.29. The Hall–Kier alpha value is -1.10. The Labute approximate surface area is 130 Å². The molecule has 0 aliphatic carbocycles. The lowest BCUT2D eigenvalue weighted by Gasteiger charge is -2.31. The SMILES string of the molecule is CN1CCN(S(=O)(=O)c2ccc(C#CCN)cc2Cl)CC1. The first-order valence-corrected chi connectivity index (χ1v) is 8.44. The number of benzene rings is 1. The second kappa shape index (κ2) is 6.77. The summed E-state index contributed by atoms with van der Waals surface area (Å²) in [6.45, 7) is 2.64. The molecule has 1 saturated heterocycles. The van der Waals surface area contributed by atoms with Crippen molar-refractivity contribution >= 4 is 21.6 Å². The first-order valence-electron chi connectivity index (χ1n) is 6.62. The zero-order chi connectivity index (χ0) is 15.5. The number of likely N-dealkylation sites (N-methyl/N-ethyl adjacent to an activating group) is 1. The van der Waals surface area contributed by atoms with Gasteiger partial charge in [-0.05, 0) is 25.2 Å². The number of halogens is 1. The molecular weight excluding hydrogens is 310 g/mol. The number of sulfonamides is 1. The molecule has 21 heavy (non-hydrogen) atoms. The zero-order valence-corrected chi connectivity index (χ0v) is 13.4. The predicted molar refractivity (Wildman–Crippen MR) is 83.6 cm³/mol. The van der Waals surface area contributed by atoms with E-state index in [2.05, 4.69) is 16.7 Å². The molecule has 0 unspecified atom stereocenters. The number of rotatable bonds is 2. The van der Waals surface area contributed by atoms with Crippen LogP contribution in [0.1, 0.15) is 5.56 Å². The van der Waals surface area contributed by atoms with Crippen LogP contribution in [0.25, 0.3) is 0 Å². The predicted octanol–water partition coefficient (Wildman–Crippen LogP) is 0.586. The van der Waals surface area contributed by atoms with Gasteiger partial charge in [0.15, 0.2) is 0 Å². The summed E-state index contributed by atoms with van der Waals surface area (Å²) >= 11 is 6.13. The monoisotopic (exact) mass is 327 g/mol. The maximum Gasteiger partial charge on any atom is 0.244 e. The smallest absolute Gasteiger partial charge is 0.244 e. The van der Waals surface area contributed by atoms with Gasteiger partial charge >= 0.3 is 0 Å². The van der Waals surface area contributed by atoms with Crippen molar-refractivity contribution in [1.82, 2.24) is 9.21 Å². The van der Waals surface area contributed by atoms with Crippen LogP contribution in [-0.2, 0) is 10.0 Å². The molecule has 0 saturated carbocycles. The lowest BCUT2D eigenvalue weighted by molar-refractivity contribution is 0.222. The minimum absolute atomic E-state index is 0.131. The third kappa shape index (κ3) is 3.76. The Morgan fingerprint density at radius 3 is 2.52 bits per heavy atom. The maximum atomic E-state index is 12.6. The van der Waals surface area contributed by atoms with Gasteiger partial charge in [-0.25, -0.2) is 8.42 Å². The van der Waals surface area contributed by atoms with E-state index < -0.39 is 10.0 Å². The quantitative estimate of drug-likeness (QED) is 0.807. The van der Waals surface area contributed by atoms with Gasteiger partial charge in [-0.15, -0.1) is 0 Å². The zero-order valence-electron chi connectivity index (χ0n) is 11.8. The lowest BCUT2D eigenvalue weighted by atomic mass is 10.2. The standard InChI is InChI=1S/C14H18ClN3O2S/c1-17-7-9-18(10-8-17)21(19,20)14-5-4-12(3-2-6-16)11-13(14)15/h4-5,11H,6-10,16H2,1H3. The summed E-state index contributed by atoms with van der Waals surface area (Å²) in [6, 6.07) is 4.72. The molecule has 1 aromatic carbocycles. The van der Waals surface area contributed by atoms with Crippen LogP contribution in [0.5, 0.6) is 0 Å². The normalized spacial score (nSPS) is 17.3. The molecule has 2 N–H and O–H groups in total. The van der Waals surface area contributed by atoms with Gasteiger partial charge in [0.1, 0.15) is 4.90 Å². The van der Waals surface area contributed by atoms with Crippen LogP contribution in [0.2, 0.25) is 5.02 Å². The summed E-state index contributed by atoms with van der Waals surface area (Å²) in [4.78, 5) is 2.23. The second-order valence-electron chi connectivity index (χ2n) is 4.86. The molecule has 0 radical (unpaired) electrons. The van der Waals surface area contributed by atoms with Crippen LogP contribution >= 0.6 is 11.6 Å². The molecular formula is C14H18ClN3O2S. The van der Waals surface area contributed by atoms with Gasteiger partial charge in [-0.2, -0.15) is 4.31 Å². The van der Waals surface area contributed by atoms with Crippen molar-refractivity contribution in [3.8, 4) is 11.8 Å². The molecule has 7 heteroatoms. The summed E-state index contributed by atoms with van der Waals surface area (Å²) in [7, 11) is -1.58. The Kier molecular flexibility index (Phi) is 5.25. The molecule has 2 rings (SSSR count). The second-order valence-corrected chi connectivity index (χ2v) is 7.17. The number of nitrogens with two attached hydrogens (primary N) is 1. The highest BCUT2D eigenvalue weighted by atomic mass is 35.5. The third-order valence-corrected chi connectivity index (χ3v) is 5.73. The fourth-order valence-corrected chi connectivity index (χ4v) is 4.05. The maximum absolute atomic E-state index is 12.6. The Morgan fingerprint density at radius 2 is 1.95 bits per heavy atom. The summed E-state index contributed by atoms with van der Waals surface area (Å²) in [5.41, 5.74) is 5.96. The van der Waals surface area contributed by atoms with Crippen molar-refractivity contribution in [2.24, 2.45) is 5.73 Å². The van der Waals surface area contributed by atoms with E-state index in [0.717, 1.165) is 13.1 Å². The third-order valence-electron chi connectivity index (χ3n) is 3.35. The van der Waals surface area contributed by atoms with Crippen molar-refractivity contribution in [2.75, 3.05) is 39.8 Å². The van der Waals surface area contributed by atoms with Gasteiger partial charge in [0.25, 0.3) is 0 Å². The first-order chi connectivity index (χ1) is 9.95. The van der Waals surface area contributed by atoms with Gasteiger partial charge in [0, 0.05) is 31.7 Å². The molecule has 1 fully saturated rings. The Balaban J connectivity index is 2.28. The number of nitrogens with zero attached hydrogens (tertiary/aromatic N) is 2. The van der Waals surface area contributed by atoms with Crippen molar-refractivity contribution in [1.29, 1.82) is 0 Å². The van der Waals surface area contributed by atoms with Crippen LogP contribution in [0, 0.1) is 11.8 Å². The van der Waals surface area contributed by atoms with E-state index in [-0.39, 0.29) is 16.5 Å². The molecule has 0 amide bonds. The number of piperazine rings is 1. The molecule has 5 nitrogen and oxygen atoms in total. The van der Waals surface area contributed by atoms with Gasteiger partial charge in [-0.1, -0.05) is 23.4 Å². The van der Waals surface area contributed by atoms with Gasteiger partial charge in [0.2, 0.25) is 10.0 Å². The molecule has 0 spiro atoms. The molecule has 1 aliphatic rings. The van der Waals surface area contributed by atoms with Crippen molar-refractivity contribution in [3.63, 3.8) is 0 Å². The Morgan fingerprint density at radius 1 is 1.29 bits per heavy atom. The highest BCUT2D eigenvalue weighted by molar-refractivity contribution is 7.89. The van der Waals surface area contributed by atoms with E-state index >= 15 is 0 Å². The summed E-state index contributed by atoms with van der Waals surface area (Å²) < 4.78 is 26.7. The summed E-state index contributed by atoms with van der Waals surface area (Å²) in [5.74, 6) is 5.55. The van der Waals surface area contributed by atoms with Crippen LogP contribution in [0.4, 0.5) is 0 Å².